The van der Waals surface area contributed by atoms with E-state index in [-0.39, 0.29) is 16.7 Å². The number of rotatable bonds is 2. The van der Waals surface area contributed by atoms with Gasteiger partial charge >= 0.3 is 0 Å². The van der Waals surface area contributed by atoms with Gasteiger partial charge in [0.2, 0.25) is 5.91 Å². The van der Waals surface area contributed by atoms with Gasteiger partial charge in [-0.25, -0.2) is 0 Å². The molecule has 0 radical (unpaired) electrons. The third-order valence-electron chi connectivity index (χ3n) is 6.17. The molecule has 0 N–H and O–H groups in total. The number of pyridine rings is 1. The van der Waals surface area contributed by atoms with Gasteiger partial charge in [0.05, 0.1) is 34.6 Å². The van der Waals surface area contributed by atoms with Gasteiger partial charge in [-0.3, -0.25) is 9.78 Å². The third kappa shape index (κ3) is 1.63. The van der Waals surface area contributed by atoms with Crippen molar-refractivity contribution in [3.8, 4) is 0 Å². The van der Waals surface area contributed by atoms with E-state index in [1.165, 1.54) is 0 Å². The summed E-state index contributed by atoms with van der Waals surface area (Å²) in [6.07, 6.45) is 4.33. The van der Waals surface area contributed by atoms with Gasteiger partial charge in [0.25, 0.3) is 0 Å². The van der Waals surface area contributed by atoms with Crippen molar-refractivity contribution in [2.45, 2.75) is 51.6 Å². The molecule has 2 aromatic rings. The lowest BCUT2D eigenvalue weighted by atomic mass is 9.34. The Labute approximate surface area is 145 Å². The first-order valence-electron chi connectivity index (χ1n) is 8.29. The Bertz CT molecular complexity index is 855. The maximum absolute atomic E-state index is 13.1. The number of hydrogen-bond acceptors (Lipinski definition) is 4. The van der Waals surface area contributed by atoms with Crippen LogP contribution in [-0.4, -0.2) is 20.9 Å². The van der Waals surface area contributed by atoms with E-state index < -0.39 is 0 Å². The van der Waals surface area contributed by atoms with E-state index >= 15 is 0 Å². The lowest BCUT2D eigenvalue weighted by Gasteiger charge is -2.68. The van der Waals surface area contributed by atoms with Crippen LogP contribution in [0.15, 0.2) is 16.8 Å². The minimum atomic E-state index is -0.193. The second-order valence-corrected chi connectivity index (χ2v) is 8.07. The summed E-state index contributed by atoms with van der Waals surface area (Å²) >= 11 is 6.32. The predicted molar refractivity (Wildman–Crippen MR) is 87.4 cm³/mol. The summed E-state index contributed by atoms with van der Waals surface area (Å²) in [5.74, 6) is 1.19. The maximum atomic E-state index is 13.1. The molecule has 2 bridgehead atoms. The number of amides is 1. The van der Waals surface area contributed by atoms with E-state index in [0.717, 1.165) is 52.6 Å². The van der Waals surface area contributed by atoms with Crippen LogP contribution in [0.25, 0.3) is 0 Å². The lowest BCUT2D eigenvalue weighted by Crippen LogP contribution is -2.69. The van der Waals surface area contributed by atoms with Crippen molar-refractivity contribution < 1.29 is 9.32 Å². The van der Waals surface area contributed by atoms with Crippen LogP contribution in [0.1, 0.15) is 47.5 Å². The van der Waals surface area contributed by atoms with Gasteiger partial charge in [-0.15, -0.1) is 0 Å². The summed E-state index contributed by atoms with van der Waals surface area (Å²) in [6.45, 7) is 5.17. The van der Waals surface area contributed by atoms with Crippen LogP contribution in [0.4, 0.5) is 0 Å². The van der Waals surface area contributed by atoms with Gasteiger partial charge < -0.3 is 9.42 Å². The summed E-state index contributed by atoms with van der Waals surface area (Å²) in [4.78, 5) is 19.6. The molecule has 5 nitrogen and oxygen atoms in total. The molecule has 3 saturated carbocycles. The fourth-order valence-corrected chi connectivity index (χ4v) is 5.11. The van der Waals surface area contributed by atoms with Crippen LogP contribution in [0.3, 0.4) is 0 Å². The van der Waals surface area contributed by atoms with E-state index in [0.29, 0.717) is 13.1 Å². The standard InChI is InChI=1S/C18H18ClN3O2/c1-10-12-5-22(6-13(12)21-11(2)15(10)19)16(23)18-7-17(8-18,9-18)14-3-4-20-24-14/h3-4H,5-9H2,1-2H3. The average Bonchev–Trinajstić information content (AvgIpc) is 3.11. The Balaban J connectivity index is 1.35. The van der Waals surface area contributed by atoms with Crippen molar-refractivity contribution in [2.24, 2.45) is 5.41 Å². The molecule has 1 amide bonds. The first kappa shape index (κ1) is 14.5. The molecule has 0 saturated heterocycles. The average molecular weight is 344 g/mol. The van der Waals surface area contributed by atoms with Crippen LogP contribution < -0.4 is 0 Å². The Hall–Kier alpha value is -1.88. The first-order chi connectivity index (χ1) is 11.4. The monoisotopic (exact) mass is 343 g/mol. The Morgan fingerprint density at radius 1 is 1.29 bits per heavy atom. The van der Waals surface area contributed by atoms with Crippen molar-refractivity contribution in [2.75, 3.05) is 0 Å². The van der Waals surface area contributed by atoms with Crippen molar-refractivity contribution in [1.29, 1.82) is 0 Å². The minimum absolute atomic E-state index is 0.0623. The molecule has 24 heavy (non-hydrogen) atoms. The highest BCUT2D eigenvalue weighted by atomic mass is 35.5. The first-order valence-corrected chi connectivity index (χ1v) is 8.67. The third-order valence-corrected chi connectivity index (χ3v) is 6.73. The van der Waals surface area contributed by atoms with Gasteiger partial charge in [-0.2, -0.15) is 0 Å². The van der Waals surface area contributed by atoms with Crippen LogP contribution in [0.2, 0.25) is 5.02 Å². The largest absolute Gasteiger partial charge is 0.361 e. The van der Waals surface area contributed by atoms with E-state index in [1.54, 1.807) is 6.20 Å². The van der Waals surface area contributed by atoms with Crippen molar-refractivity contribution in [1.82, 2.24) is 15.0 Å². The molecular formula is C18H18ClN3O2. The van der Waals surface area contributed by atoms with Crippen LogP contribution in [0.5, 0.6) is 0 Å². The zero-order valence-electron chi connectivity index (χ0n) is 13.7. The zero-order valence-corrected chi connectivity index (χ0v) is 14.5. The highest BCUT2D eigenvalue weighted by Crippen LogP contribution is 2.74. The molecule has 4 aliphatic rings. The number of hydrogen-bond donors (Lipinski definition) is 0. The SMILES string of the molecule is Cc1nc2c(c(C)c1Cl)CN(C(=O)C13CC(c4ccno4)(C1)C3)C2. The van der Waals surface area contributed by atoms with E-state index in [2.05, 4.69) is 10.1 Å². The molecule has 1 aliphatic heterocycles. The summed E-state index contributed by atoms with van der Waals surface area (Å²) in [5, 5.41) is 4.52. The molecule has 0 aromatic carbocycles. The number of carbonyl (C=O) groups excluding carboxylic acids is 1. The fourth-order valence-electron chi connectivity index (χ4n) is 4.95. The van der Waals surface area contributed by atoms with Gasteiger partial charge in [-0.05, 0) is 44.2 Å². The zero-order chi connectivity index (χ0) is 16.7. The molecule has 0 spiro atoms. The van der Waals surface area contributed by atoms with Crippen molar-refractivity contribution >= 4 is 17.5 Å². The molecule has 0 atom stereocenters. The summed E-state index contributed by atoms with van der Waals surface area (Å²) in [6, 6.07) is 1.93. The van der Waals surface area contributed by atoms with Gasteiger partial charge in [0.15, 0.2) is 0 Å². The fraction of sp³-hybridized carbons (Fsp3) is 0.500. The highest BCUT2D eigenvalue weighted by Gasteiger charge is 2.74. The topological polar surface area (TPSA) is 59.2 Å². The molecule has 0 unspecified atom stereocenters. The highest BCUT2D eigenvalue weighted by molar-refractivity contribution is 6.32. The summed E-state index contributed by atoms with van der Waals surface area (Å²) in [7, 11) is 0. The minimum Gasteiger partial charge on any atom is -0.361 e. The number of fused-ring (bicyclic) bond motifs is 1. The van der Waals surface area contributed by atoms with Gasteiger partial charge in [-0.1, -0.05) is 16.8 Å². The van der Waals surface area contributed by atoms with Crippen LogP contribution in [-0.2, 0) is 23.3 Å². The number of carbonyl (C=O) groups is 1. The van der Waals surface area contributed by atoms with Gasteiger partial charge in [0, 0.05) is 18.0 Å². The lowest BCUT2D eigenvalue weighted by molar-refractivity contribution is -0.192. The summed E-state index contributed by atoms with van der Waals surface area (Å²) < 4.78 is 5.32. The number of nitrogens with zero attached hydrogens (tertiary/aromatic N) is 3. The number of halogens is 1. The molecule has 3 aliphatic carbocycles. The predicted octanol–water partition coefficient (Wildman–Crippen LogP) is 3.30. The quantitative estimate of drug-likeness (QED) is 0.839. The Morgan fingerprint density at radius 3 is 2.71 bits per heavy atom. The van der Waals surface area contributed by atoms with Crippen LogP contribution >= 0.6 is 11.6 Å². The molecule has 2 aromatic heterocycles. The molecule has 3 fully saturated rings. The van der Waals surface area contributed by atoms with E-state index in [1.807, 2.05) is 24.8 Å². The van der Waals surface area contributed by atoms with E-state index in [4.69, 9.17) is 16.1 Å². The normalized spacial score (nSPS) is 29.9. The summed E-state index contributed by atoms with van der Waals surface area (Å²) in [5.41, 5.74) is 3.89. The second kappa shape index (κ2) is 4.39. The number of aromatic nitrogens is 2. The van der Waals surface area contributed by atoms with Crippen molar-refractivity contribution in [3.05, 3.63) is 45.6 Å². The molecule has 124 valence electrons. The molecule has 6 heteroatoms. The van der Waals surface area contributed by atoms with Crippen molar-refractivity contribution in [3.63, 3.8) is 0 Å². The smallest absolute Gasteiger partial charge is 0.229 e. The molecular weight excluding hydrogens is 326 g/mol. The molecule has 6 rings (SSSR count). The maximum Gasteiger partial charge on any atom is 0.229 e. The Morgan fingerprint density at radius 2 is 2.04 bits per heavy atom. The Kier molecular flexibility index (Phi) is 2.65. The second-order valence-electron chi connectivity index (χ2n) is 7.69. The van der Waals surface area contributed by atoms with Crippen LogP contribution in [0, 0.1) is 19.3 Å². The number of aryl methyl sites for hydroxylation is 1. The van der Waals surface area contributed by atoms with Gasteiger partial charge in [0.1, 0.15) is 5.76 Å². The van der Waals surface area contributed by atoms with E-state index in [9.17, 15) is 4.79 Å². The molecule has 3 heterocycles.